The van der Waals surface area contributed by atoms with E-state index >= 15 is 0 Å². The van der Waals surface area contributed by atoms with Crippen molar-refractivity contribution in [2.75, 3.05) is 7.11 Å². The Kier molecular flexibility index (Phi) is 6.33. The molecule has 30 heavy (non-hydrogen) atoms. The first-order valence-corrected chi connectivity index (χ1v) is 10.9. The van der Waals surface area contributed by atoms with Gasteiger partial charge in [-0.3, -0.25) is 20.2 Å². The highest BCUT2D eigenvalue weighted by molar-refractivity contribution is 14.1. The van der Waals surface area contributed by atoms with Crippen molar-refractivity contribution >= 4 is 68.2 Å². The van der Waals surface area contributed by atoms with Crippen LogP contribution in [0.15, 0.2) is 46.9 Å². The Labute approximate surface area is 189 Å². The largest absolute Gasteiger partial charge is 0.493 e. The number of urea groups is 1. The molecule has 2 aromatic rings. The molecule has 0 radical (unpaired) electrons. The van der Waals surface area contributed by atoms with Crippen LogP contribution in [0.25, 0.3) is 6.08 Å². The molecule has 0 saturated carbocycles. The van der Waals surface area contributed by atoms with Gasteiger partial charge in [-0.2, -0.15) is 8.42 Å². The number of ether oxygens (including phenoxy) is 1. The molecule has 0 atom stereocenters. The molecule has 0 aliphatic carbocycles. The van der Waals surface area contributed by atoms with E-state index < -0.39 is 28.0 Å². The number of hydrogen-bond donors (Lipinski definition) is 2. The normalized spacial score (nSPS) is 14.1. The summed E-state index contributed by atoms with van der Waals surface area (Å²) in [5, 5.41) is 4.30. The first-order chi connectivity index (χ1) is 14.1. The summed E-state index contributed by atoms with van der Waals surface area (Å²) in [4.78, 5) is 34.8. The summed E-state index contributed by atoms with van der Waals surface area (Å²) in [7, 11) is -2.87. The van der Waals surface area contributed by atoms with Gasteiger partial charge < -0.3 is 8.92 Å². The second kappa shape index (κ2) is 8.62. The molecule has 12 heteroatoms. The second-order valence-electron chi connectivity index (χ2n) is 5.82. The lowest BCUT2D eigenvalue weighted by Gasteiger charge is -2.15. The molecule has 1 saturated heterocycles. The lowest BCUT2D eigenvalue weighted by molar-refractivity contribution is -0.123. The number of amides is 4. The Hall–Kier alpha value is -2.64. The highest BCUT2D eigenvalue weighted by Gasteiger charge is 2.28. The van der Waals surface area contributed by atoms with E-state index in [1.165, 1.54) is 49.6 Å². The zero-order chi connectivity index (χ0) is 22.1. The van der Waals surface area contributed by atoms with Crippen LogP contribution in [-0.2, 0) is 19.7 Å². The van der Waals surface area contributed by atoms with Crippen LogP contribution in [0.2, 0.25) is 5.02 Å². The van der Waals surface area contributed by atoms with Crippen molar-refractivity contribution in [2.45, 2.75) is 4.90 Å². The maximum Gasteiger partial charge on any atom is 0.339 e. The summed E-state index contributed by atoms with van der Waals surface area (Å²) in [5.41, 5.74) is 0.0528. The molecule has 156 valence electrons. The van der Waals surface area contributed by atoms with Crippen molar-refractivity contribution in [3.05, 3.63) is 56.1 Å². The monoisotopic (exact) mass is 562 g/mol. The van der Waals surface area contributed by atoms with Crippen LogP contribution in [-0.4, -0.2) is 33.4 Å². The van der Waals surface area contributed by atoms with Gasteiger partial charge in [0.1, 0.15) is 10.5 Å². The molecule has 0 spiro atoms. The SMILES string of the molecule is COc1cc(C=C2C(=O)NC(=O)NC2=O)cc(I)c1OS(=O)(=O)c1ccc(Cl)cc1. The lowest BCUT2D eigenvalue weighted by atomic mass is 10.1. The van der Waals surface area contributed by atoms with Gasteiger partial charge >= 0.3 is 16.1 Å². The molecule has 1 fully saturated rings. The number of imide groups is 2. The van der Waals surface area contributed by atoms with E-state index in [0.717, 1.165) is 0 Å². The van der Waals surface area contributed by atoms with Crippen LogP contribution in [0.5, 0.6) is 11.5 Å². The molecular formula is C18H12ClIN2O7S. The number of methoxy groups -OCH3 is 1. The Morgan fingerprint density at radius 3 is 2.20 bits per heavy atom. The van der Waals surface area contributed by atoms with Crippen molar-refractivity contribution < 1.29 is 31.7 Å². The molecule has 2 aromatic carbocycles. The minimum Gasteiger partial charge on any atom is -0.493 e. The van der Waals surface area contributed by atoms with E-state index in [-0.39, 0.29) is 22.0 Å². The fourth-order valence-corrected chi connectivity index (χ4v) is 4.40. The molecule has 9 nitrogen and oxygen atoms in total. The van der Waals surface area contributed by atoms with Crippen molar-refractivity contribution in [2.24, 2.45) is 0 Å². The van der Waals surface area contributed by atoms with Gasteiger partial charge in [0.05, 0.1) is 10.7 Å². The summed E-state index contributed by atoms with van der Waals surface area (Å²) >= 11 is 7.62. The summed E-state index contributed by atoms with van der Waals surface area (Å²) in [6, 6.07) is 7.40. The van der Waals surface area contributed by atoms with Crippen LogP contribution >= 0.6 is 34.2 Å². The number of benzene rings is 2. The fraction of sp³-hybridized carbons (Fsp3) is 0.0556. The van der Waals surface area contributed by atoms with Gasteiger partial charge in [0, 0.05) is 5.02 Å². The smallest absolute Gasteiger partial charge is 0.339 e. The molecule has 1 heterocycles. The average molecular weight is 563 g/mol. The number of hydrogen-bond acceptors (Lipinski definition) is 7. The first kappa shape index (κ1) is 22.1. The Balaban J connectivity index is 1.98. The van der Waals surface area contributed by atoms with Gasteiger partial charge in [-0.1, -0.05) is 11.6 Å². The van der Waals surface area contributed by atoms with E-state index in [4.69, 9.17) is 20.5 Å². The van der Waals surface area contributed by atoms with Crippen LogP contribution in [0.1, 0.15) is 5.56 Å². The van der Waals surface area contributed by atoms with E-state index in [1.807, 2.05) is 33.2 Å². The minimum absolute atomic E-state index is 0.0546. The molecule has 0 aromatic heterocycles. The quantitative estimate of drug-likeness (QED) is 0.248. The van der Waals surface area contributed by atoms with Crippen molar-refractivity contribution in [1.29, 1.82) is 0 Å². The molecule has 1 aliphatic rings. The number of carbonyl (C=O) groups is 3. The average Bonchev–Trinajstić information content (AvgIpc) is 2.66. The summed E-state index contributed by atoms with van der Waals surface area (Å²) < 4.78 is 36.0. The third kappa shape index (κ3) is 4.74. The van der Waals surface area contributed by atoms with Crippen molar-refractivity contribution in [3.8, 4) is 11.5 Å². The van der Waals surface area contributed by atoms with Gasteiger partial charge in [-0.05, 0) is 70.6 Å². The summed E-state index contributed by atoms with van der Waals surface area (Å²) in [6.07, 6.45) is 1.24. The molecule has 4 amide bonds. The molecule has 2 N–H and O–H groups in total. The van der Waals surface area contributed by atoms with Gasteiger partial charge in [0.15, 0.2) is 11.5 Å². The van der Waals surface area contributed by atoms with E-state index in [2.05, 4.69) is 0 Å². The first-order valence-electron chi connectivity index (χ1n) is 8.06. The molecular weight excluding hydrogens is 551 g/mol. The Morgan fingerprint density at radius 1 is 1.03 bits per heavy atom. The van der Waals surface area contributed by atoms with Crippen LogP contribution < -0.4 is 19.6 Å². The third-order valence-electron chi connectivity index (χ3n) is 3.80. The highest BCUT2D eigenvalue weighted by Crippen LogP contribution is 2.36. The predicted octanol–water partition coefficient (Wildman–Crippen LogP) is 2.47. The number of nitrogens with one attached hydrogen (secondary N) is 2. The highest BCUT2D eigenvalue weighted by atomic mass is 127. The topological polar surface area (TPSA) is 128 Å². The molecule has 1 aliphatic heterocycles. The van der Waals surface area contributed by atoms with E-state index in [0.29, 0.717) is 14.2 Å². The van der Waals surface area contributed by atoms with Crippen LogP contribution in [0.4, 0.5) is 4.79 Å². The van der Waals surface area contributed by atoms with Gasteiger partial charge in [-0.25, -0.2) is 4.79 Å². The maximum atomic E-state index is 12.6. The van der Waals surface area contributed by atoms with E-state index in [1.54, 1.807) is 0 Å². The van der Waals surface area contributed by atoms with Gasteiger partial charge in [0.25, 0.3) is 11.8 Å². The van der Waals surface area contributed by atoms with Crippen molar-refractivity contribution in [1.82, 2.24) is 10.6 Å². The zero-order valence-corrected chi connectivity index (χ0v) is 18.8. The second-order valence-corrected chi connectivity index (χ2v) is 8.97. The molecule has 3 rings (SSSR count). The fourth-order valence-electron chi connectivity index (χ4n) is 2.44. The number of carbonyl (C=O) groups excluding carboxylic acids is 3. The van der Waals surface area contributed by atoms with Gasteiger partial charge in [0.2, 0.25) is 0 Å². The predicted molar refractivity (Wildman–Crippen MR) is 115 cm³/mol. The Morgan fingerprint density at radius 2 is 1.63 bits per heavy atom. The number of halogens is 2. The number of rotatable bonds is 5. The standard InChI is InChI=1S/C18H12ClIN2O7S/c1-28-14-8-9(6-12-16(23)21-18(25)22-17(12)24)7-13(20)15(14)29-30(26,27)11-4-2-10(19)3-5-11/h2-8H,1H3,(H2,21,22,23,24,25). The molecule has 0 unspecified atom stereocenters. The molecule has 0 bridgehead atoms. The lowest BCUT2D eigenvalue weighted by Crippen LogP contribution is -2.51. The van der Waals surface area contributed by atoms with Crippen LogP contribution in [0.3, 0.4) is 0 Å². The van der Waals surface area contributed by atoms with E-state index in [9.17, 15) is 22.8 Å². The third-order valence-corrected chi connectivity index (χ3v) is 6.09. The zero-order valence-electron chi connectivity index (χ0n) is 15.1. The van der Waals surface area contributed by atoms with Gasteiger partial charge in [-0.15, -0.1) is 0 Å². The summed E-state index contributed by atoms with van der Waals surface area (Å²) in [5.74, 6) is -1.73. The van der Waals surface area contributed by atoms with Crippen LogP contribution in [0, 0.1) is 3.57 Å². The minimum atomic E-state index is -4.17. The Bertz CT molecular complexity index is 1170. The maximum absolute atomic E-state index is 12.6. The number of barbiturate groups is 1. The van der Waals surface area contributed by atoms with Crippen molar-refractivity contribution in [3.63, 3.8) is 0 Å². The summed E-state index contributed by atoms with van der Waals surface area (Å²) in [6.45, 7) is 0.